The third-order valence-electron chi connectivity index (χ3n) is 5.84. The summed E-state index contributed by atoms with van der Waals surface area (Å²) in [6.45, 7) is 4.95. The Hall–Kier alpha value is -4.15. The Kier molecular flexibility index (Phi) is 12.5. The van der Waals surface area contributed by atoms with Crippen LogP contribution in [0.5, 0.6) is 11.5 Å². The van der Waals surface area contributed by atoms with Crippen LogP contribution >= 0.6 is 0 Å². The Morgan fingerprint density at radius 3 is 1.84 bits per heavy atom. The Labute approximate surface area is 224 Å². The second kappa shape index (κ2) is 15.9. The number of unbranched alkanes of at least 4 members (excludes halogenated alkanes) is 3. The Morgan fingerprint density at radius 1 is 0.737 bits per heavy atom. The maximum absolute atomic E-state index is 12.2. The highest BCUT2D eigenvalue weighted by Crippen LogP contribution is 2.23. The molecule has 0 spiro atoms. The first-order chi connectivity index (χ1) is 18.0. The molecule has 0 saturated carbocycles. The fourth-order valence-electron chi connectivity index (χ4n) is 3.80. The van der Waals surface area contributed by atoms with Crippen LogP contribution < -0.4 is 9.47 Å². The zero-order valence-electron chi connectivity index (χ0n) is 22.0. The maximum atomic E-state index is 12.2. The van der Waals surface area contributed by atoms with Gasteiger partial charge < -0.3 is 19.7 Å². The van der Waals surface area contributed by atoms with Crippen molar-refractivity contribution in [1.29, 1.82) is 5.26 Å². The number of ketones is 1. The van der Waals surface area contributed by atoms with Gasteiger partial charge in [-0.2, -0.15) is 5.26 Å². The molecule has 3 aromatic carbocycles. The van der Waals surface area contributed by atoms with E-state index >= 15 is 0 Å². The molecule has 0 atom stereocenters. The summed E-state index contributed by atoms with van der Waals surface area (Å²) >= 11 is 0. The molecule has 0 aliphatic heterocycles. The van der Waals surface area contributed by atoms with Crippen LogP contribution in [0, 0.1) is 11.3 Å². The van der Waals surface area contributed by atoms with Gasteiger partial charge in [-0.25, -0.2) is 4.79 Å². The minimum Gasteiger partial charge on any atom is -0.494 e. The molecule has 0 bridgehead atoms. The first-order valence-electron chi connectivity index (χ1n) is 12.8. The standard InChI is InChI=1S/C31H33NO5.H2O/c1-3-30(33)26-19-27(31(34)35-4-2)21-29(20-26)37-18-8-6-5-7-17-36-28-15-13-25(14-16-28)24-11-9-23(22-32)10-12-24;/h9-16,19-21H,3-8,17-18H2,1-2H3;1H2. The first kappa shape index (κ1) is 30.1. The molecule has 3 aromatic rings. The van der Waals surface area contributed by atoms with Gasteiger partial charge >= 0.3 is 5.97 Å². The maximum Gasteiger partial charge on any atom is 0.338 e. The van der Waals surface area contributed by atoms with E-state index in [2.05, 4.69) is 6.07 Å². The lowest BCUT2D eigenvalue weighted by atomic mass is 10.0. The summed E-state index contributed by atoms with van der Waals surface area (Å²) in [4.78, 5) is 24.3. The van der Waals surface area contributed by atoms with Crippen molar-refractivity contribution in [1.82, 2.24) is 0 Å². The second-order valence-corrected chi connectivity index (χ2v) is 8.57. The molecule has 0 amide bonds. The van der Waals surface area contributed by atoms with E-state index in [1.165, 1.54) is 0 Å². The minimum atomic E-state index is -0.456. The van der Waals surface area contributed by atoms with Gasteiger partial charge in [0.25, 0.3) is 0 Å². The molecule has 7 nitrogen and oxygen atoms in total. The quantitative estimate of drug-likeness (QED) is 0.143. The molecule has 38 heavy (non-hydrogen) atoms. The molecule has 0 aliphatic rings. The van der Waals surface area contributed by atoms with E-state index in [4.69, 9.17) is 19.5 Å². The number of esters is 1. The van der Waals surface area contributed by atoms with Crippen LogP contribution in [0.25, 0.3) is 11.1 Å². The lowest BCUT2D eigenvalue weighted by molar-refractivity contribution is 0.0525. The van der Waals surface area contributed by atoms with Crippen LogP contribution in [0.3, 0.4) is 0 Å². The molecular weight excluding hydrogens is 482 g/mol. The summed E-state index contributed by atoms with van der Waals surface area (Å²) < 4.78 is 16.8. The van der Waals surface area contributed by atoms with E-state index < -0.39 is 5.97 Å². The van der Waals surface area contributed by atoms with Gasteiger partial charge in [-0.15, -0.1) is 0 Å². The van der Waals surface area contributed by atoms with Crippen molar-refractivity contribution >= 4 is 11.8 Å². The van der Waals surface area contributed by atoms with Crippen LogP contribution in [-0.2, 0) is 4.74 Å². The molecule has 0 unspecified atom stereocenters. The third-order valence-corrected chi connectivity index (χ3v) is 5.84. The van der Waals surface area contributed by atoms with Gasteiger partial charge in [0.15, 0.2) is 5.78 Å². The smallest absolute Gasteiger partial charge is 0.338 e. The molecule has 0 radical (unpaired) electrons. The summed E-state index contributed by atoms with van der Waals surface area (Å²) in [5, 5.41) is 8.92. The van der Waals surface area contributed by atoms with E-state index in [9.17, 15) is 9.59 Å². The van der Waals surface area contributed by atoms with Crippen molar-refractivity contribution in [2.75, 3.05) is 19.8 Å². The zero-order chi connectivity index (χ0) is 26.5. The average Bonchev–Trinajstić information content (AvgIpc) is 2.94. The predicted molar refractivity (Wildman–Crippen MR) is 147 cm³/mol. The third kappa shape index (κ3) is 9.06. The molecule has 3 rings (SSSR count). The fourth-order valence-corrected chi connectivity index (χ4v) is 3.80. The first-order valence-corrected chi connectivity index (χ1v) is 12.8. The van der Waals surface area contributed by atoms with E-state index in [0.29, 0.717) is 42.1 Å². The van der Waals surface area contributed by atoms with E-state index in [1.807, 2.05) is 48.5 Å². The minimum absolute atomic E-state index is 0. The zero-order valence-corrected chi connectivity index (χ0v) is 22.0. The van der Waals surface area contributed by atoms with Gasteiger partial charge in [-0.3, -0.25) is 4.79 Å². The van der Waals surface area contributed by atoms with Crippen molar-refractivity contribution in [2.24, 2.45) is 0 Å². The molecule has 2 N–H and O–H groups in total. The summed E-state index contributed by atoms with van der Waals surface area (Å²) in [5.41, 5.74) is 3.59. The molecule has 7 heteroatoms. The highest BCUT2D eigenvalue weighted by Gasteiger charge is 2.13. The lowest BCUT2D eigenvalue weighted by Gasteiger charge is -2.11. The van der Waals surface area contributed by atoms with Gasteiger partial charge in [0.05, 0.1) is 37.0 Å². The number of Topliss-reactive ketones (excluding diaryl/α,β-unsaturated/α-hetero) is 1. The van der Waals surface area contributed by atoms with E-state index in [0.717, 1.165) is 42.6 Å². The van der Waals surface area contributed by atoms with Crippen molar-refractivity contribution < 1.29 is 29.3 Å². The second-order valence-electron chi connectivity index (χ2n) is 8.57. The SMILES string of the molecule is CCOC(=O)c1cc(OCCCCCCOc2ccc(-c3ccc(C#N)cc3)cc2)cc(C(=O)CC)c1.O. The molecule has 0 aliphatic carbocycles. The van der Waals surface area contributed by atoms with Gasteiger partial charge in [0.1, 0.15) is 11.5 Å². The summed E-state index contributed by atoms with van der Waals surface area (Å²) in [7, 11) is 0. The topological polar surface area (TPSA) is 117 Å². The van der Waals surface area contributed by atoms with Crippen molar-refractivity contribution in [3.05, 3.63) is 83.4 Å². The molecule has 0 saturated heterocycles. The largest absolute Gasteiger partial charge is 0.494 e. The molecule has 0 aromatic heterocycles. The van der Waals surface area contributed by atoms with Crippen molar-refractivity contribution in [3.8, 4) is 28.7 Å². The number of hydrogen-bond donors (Lipinski definition) is 0. The van der Waals surface area contributed by atoms with Crippen molar-refractivity contribution in [2.45, 2.75) is 46.0 Å². The molecule has 200 valence electrons. The summed E-state index contributed by atoms with van der Waals surface area (Å²) in [5.74, 6) is 0.844. The van der Waals surface area contributed by atoms with Crippen LogP contribution in [0.2, 0.25) is 0 Å². The number of ether oxygens (including phenoxy) is 3. The number of carbonyl (C=O) groups is 2. The molecular formula is C31H35NO6. The number of hydrogen-bond acceptors (Lipinski definition) is 6. The van der Waals surface area contributed by atoms with Crippen molar-refractivity contribution in [3.63, 3.8) is 0 Å². The van der Waals surface area contributed by atoms with Gasteiger partial charge in [-0.1, -0.05) is 31.2 Å². The number of carbonyl (C=O) groups excluding carboxylic acids is 2. The van der Waals surface area contributed by atoms with Crippen LogP contribution in [-0.4, -0.2) is 37.0 Å². The number of nitrogens with zero attached hydrogens (tertiary/aromatic N) is 1. The monoisotopic (exact) mass is 517 g/mol. The van der Waals surface area contributed by atoms with Crippen LogP contribution in [0.1, 0.15) is 72.2 Å². The molecule has 0 fully saturated rings. The summed E-state index contributed by atoms with van der Waals surface area (Å²) in [6.07, 6.45) is 4.15. The van der Waals surface area contributed by atoms with E-state index in [1.54, 1.807) is 32.0 Å². The summed E-state index contributed by atoms with van der Waals surface area (Å²) in [6, 6.07) is 22.5. The van der Waals surface area contributed by atoms with Gasteiger partial charge in [0, 0.05) is 12.0 Å². The van der Waals surface area contributed by atoms with Gasteiger partial charge in [-0.05, 0) is 86.2 Å². The average molecular weight is 518 g/mol. The number of rotatable bonds is 14. The van der Waals surface area contributed by atoms with E-state index in [-0.39, 0.29) is 17.9 Å². The Bertz CT molecular complexity index is 1210. The normalized spacial score (nSPS) is 10.1. The fraction of sp³-hybridized carbons (Fsp3) is 0.323. The Balaban J connectivity index is 0.00000507. The molecule has 0 heterocycles. The lowest BCUT2D eigenvalue weighted by Crippen LogP contribution is -2.08. The van der Waals surface area contributed by atoms with Gasteiger partial charge in [0.2, 0.25) is 0 Å². The highest BCUT2D eigenvalue weighted by molar-refractivity contribution is 5.99. The number of benzene rings is 3. The van der Waals surface area contributed by atoms with Crippen LogP contribution in [0.4, 0.5) is 0 Å². The Morgan fingerprint density at radius 2 is 1.29 bits per heavy atom. The predicted octanol–water partition coefficient (Wildman–Crippen LogP) is 6.19. The van der Waals surface area contributed by atoms with Crippen LogP contribution in [0.15, 0.2) is 66.7 Å². The number of nitriles is 1. The highest BCUT2D eigenvalue weighted by atomic mass is 16.5.